The van der Waals surface area contributed by atoms with Crippen molar-refractivity contribution in [2.45, 2.75) is 98.2 Å². The Balaban J connectivity index is 2.83. The van der Waals surface area contributed by atoms with Gasteiger partial charge in [-0.3, -0.25) is 14.7 Å². The summed E-state index contributed by atoms with van der Waals surface area (Å²) in [5.41, 5.74) is -1.39. The average Bonchev–Trinajstić information content (AvgIpc) is 2.78. The molecule has 1 aliphatic heterocycles. The minimum atomic E-state index is -0.789. The molecule has 174 valence electrons. The second kappa shape index (κ2) is 10.8. The van der Waals surface area contributed by atoms with Crippen LogP contribution in [0.5, 0.6) is 0 Å². The highest BCUT2D eigenvalue weighted by Gasteiger charge is 2.49. The Morgan fingerprint density at radius 3 is 2.40 bits per heavy atom. The molecule has 0 radical (unpaired) electrons. The minimum Gasteiger partial charge on any atom is -0.444 e. The first-order chi connectivity index (χ1) is 13.8. The van der Waals surface area contributed by atoms with Crippen molar-refractivity contribution < 1.29 is 19.1 Å². The van der Waals surface area contributed by atoms with E-state index in [1.165, 1.54) is 0 Å². The molecule has 3 N–H and O–H groups in total. The summed E-state index contributed by atoms with van der Waals surface area (Å²) in [7, 11) is 0. The van der Waals surface area contributed by atoms with Gasteiger partial charge >= 0.3 is 6.09 Å². The highest BCUT2D eigenvalue weighted by molar-refractivity contribution is 5.81. The number of nitrogens with one attached hydrogen (secondary N) is 3. The van der Waals surface area contributed by atoms with Crippen LogP contribution in [-0.4, -0.2) is 72.0 Å². The van der Waals surface area contributed by atoms with Crippen molar-refractivity contribution in [3.8, 4) is 0 Å². The molecule has 30 heavy (non-hydrogen) atoms. The Bertz CT molecular complexity index is 613. The topological polar surface area (TPSA) is 104 Å². The molecule has 2 atom stereocenters. The maximum atomic E-state index is 12.8. The molecule has 1 saturated heterocycles. The Labute approximate surface area is 181 Å². The number of aliphatic imine (C=N–C) groups is 1. The van der Waals surface area contributed by atoms with Gasteiger partial charge in [0, 0.05) is 25.6 Å². The van der Waals surface area contributed by atoms with E-state index in [-0.39, 0.29) is 24.1 Å². The van der Waals surface area contributed by atoms with Crippen LogP contribution in [0.15, 0.2) is 4.99 Å². The maximum Gasteiger partial charge on any atom is 0.412 e. The van der Waals surface area contributed by atoms with Crippen molar-refractivity contribution in [2.75, 3.05) is 19.6 Å². The fraction of sp³-hybridized carbons (Fsp3) is 0.857. The van der Waals surface area contributed by atoms with Crippen molar-refractivity contribution in [2.24, 2.45) is 4.99 Å². The van der Waals surface area contributed by atoms with Gasteiger partial charge in [-0.15, -0.1) is 0 Å². The first-order valence-electron chi connectivity index (χ1n) is 10.8. The molecule has 2 unspecified atom stereocenters. The van der Waals surface area contributed by atoms with E-state index in [9.17, 15) is 9.59 Å². The SMILES string of the molecule is CCNC(=NCC1C(C)OC(C)(C)N1C(=O)OC(C)(C)C)NCCC(=O)NC(C)C. The Morgan fingerprint density at radius 2 is 1.87 bits per heavy atom. The molecule has 0 saturated carbocycles. The number of hydrogen-bond acceptors (Lipinski definition) is 5. The van der Waals surface area contributed by atoms with Gasteiger partial charge in [-0.2, -0.15) is 0 Å². The smallest absolute Gasteiger partial charge is 0.412 e. The van der Waals surface area contributed by atoms with Crippen molar-refractivity contribution in [3.05, 3.63) is 0 Å². The summed E-state index contributed by atoms with van der Waals surface area (Å²) in [6.07, 6.45) is -0.265. The van der Waals surface area contributed by atoms with Gasteiger partial charge in [0.1, 0.15) is 11.3 Å². The first-order valence-corrected chi connectivity index (χ1v) is 10.8. The summed E-state index contributed by atoms with van der Waals surface area (Å²) < 4.78 is 11.6. The van der Waals surface area contributed by atoms with E-state index in [1.807, 2.05) is 62.3 Å². The number of carbonyl (C=O) groups is 2. The number of rotatable bonds is 7. The van der Waals surface area contributed by atoms with E-state index in [0.29, 0.717) is 32.0 Å². The lowest BCUT2D eigenvalue weighted by Crippen LogP contribution is -2.51. The van der Waals surface area contributed by atoms with E-state index >= 15 is 0 Å². The van der Waals surface area contributed by atoms with Gasteiger partial charge in [-0.25, -0.2) is 4.79 Å². The average molecular weight is 428 g/mol. The van der Waals surface area contributed by atoms with Crippen LogP contribution in [-0.2, 0) is 14.3 Å². The number of amides is 2. The van der Waals surface area contributed by atoms with Gasteiger partial charge in [-0.05, 0) is 62.3 Å². The predicted molar refractivity (Wildman–Crippen MR) is 118 cm³/mol. The third-order valence-corrected chi connectivity index (χ3v) is 4.39. The highest BCUT2D eigenvalue weighted by Crippen LogP contribution is 2.33. The van der Waals surface area contributed by atoms with E-state index < -0.39 is 17.4 Å². The molecule has 0 aromatic rings. The van der Waals surface area contributed by atoms with Gasteiger partial charge in [-0.1, -0.05) is 0 Å². The molecule has 0 bridgehead atoms. The van der Waals surface area contributed by atoms with Crippen LogP contribution in [0.25, 0.3) is 0 Å². The quantitative estimate of drug-likeness (QED) is 0.425. The predicted octanol–water partition coefficient (Wildman–Crippen LogP) is 2.22. The van der Waals surface area contributed by atoms with Crippen LogP contribution in [0.3, 0.4) is 0 Å². The zero-order chi connectivity index (χ0) is 23.1. The molecule has 0 spiro atoms. The van der Waals surface area contributed by atoms with Crippen molar-refractivity contribution >= 4 is 18.0 Å². The van der Waals surface area contributed by atoms with E-state index in [2.05, 4.69) is 20.9 Å². The molecule has 1 fully saturated rings. The minimum absolute atomic E-state index is 0.0102. The molecule has 1 rings (SSSR count). The van der Waals surface area contributed by atoms with Gasteiger partial charge in [0.25, 0.3) is 0 Å². The Kier molecular flexibility index (Phi) is 9.39. The van der Waals surface area contributed by atoms with Crippen molar-refractivity contribution in [3.63, 3.8) is 0 Å². The van der Waals surface area contributed by atoms with Gasteiger partial charge in [0.05, 0.1) is 18.7 Å². The molecule has 1 aliphatic rings. The molecule has 9 heteroatoms. The molecule has 0 aromatic carbocycles. The molecular weight excluding hydrogens is 386 g/mol. The van der Waals surface area contributed by atoms with Crippen LogP contribution >= 0.6 is 0 Å². The molecule has 1 heterocycles. The number of guanidine groups is 1. The zero-order valence-electron chi connectivity index (χ0n) is 20.1. The van der Waals surface area contributed by atoms with E-state index in [4.69, 9.17) is 9.47 Å². The number of carbonyl (C=O) groups excluding carboxylic acids is 2. The molecular formula is C21H41N5O4. The molecule has 0 aromatic heterocycles. The zero-order valence-corrected chi connectivity index (χ0v) is 20.1. The standard InChI is InChI=1S/C21H41N5O4/c1-10-22-18(23-12-11-17(27)25-14(2)3)24-13-16-15(4)29-21(8,9)26(16)19(28)30-20(5,6)7/h14-16H,10-13H2,1-9H3,(H,25,27)(H2,22,23,24). The summed E-state index contributed by atoms with van der Waals surface area (Å²) in [5.74, 6) is 0.583. The van der Waals surface area contributed by atoms with Crippen LogP contribution in [0.4, 0.5) is 4.79 Å². The van der Waals surface area contributed by atoms with Crippen molar-refractivity contribution in [1.29, 1.82) is 0 Å². The monoisotopic (exact) mass is 427 g/mol. The Hall–Kier alpha value is -2.03. The molecule has 0 aliphatic carbocycles. The summed E-state index contributed by atoms with van der Waals surface area (Å²) in [4.78, 5) is 30.9. The number of hydrogen-bond donors (Lipinski definition) is 3. The normalized spacial score (nSPS) is 21.5. The van der Waals surface area contributed by atoms with E-state index in [0.717, 1.165) is 0 Å². The summed E-state index contributed by atoms with van der Waals surface area (Å²) >= 11 is 0. The lowest BCUT2D eigenvalue weighted by Gasteiger charge is -2.34. The second-order valence-corrected chi connectivity index (χ2v) is 9.31. The fourth-order valence-electron chi connectivity index (χ4n) is 3.31. The van der Waals surface area contributed by atoms with Crippen LogP contribution < -0.4 is 16.0 Å². The summed E-state index contributed by atoms with van der Waals surface area (Å²) in [5, 5.41) is 9.20. The highest BCUT2D eigenvalue weighted by atomic mass is 16.6. The van der Waals surface area contributed by atoms with Gasteiger partial charge in [0.15, 0.2) is 5.96 Å². The summed E-state index contributed by atoms with van der Waals surface area (Å²) in [6.45, 7) is 18.5. The fourth-order valence-corrected chi connectivity index (χ4v) is 3.31. The lowest BCUT2D eigenvalue weighted by molar-refractivity contribution is -0.121. The van der Waals surface area contributed by atoms with Gasteiger partial charge in [0.2, 0.25) is 5.91 Å². The lowest BCUT2D eigenvalue weighted by atomic mass is 10.1. The molecule has 2 amide bonds. The third-order valence-electron chi connectivity index (χ3n) is 4.39. The first kappa shape index (κ1) is 26.0. The van der Waals surface area contributed by atoms with Crippen LogP contribution in [0.2, 0.25) is 0 Å². The largest absolute Gasteiger partial charge is 0.444 e. The summed E-state index contributed by atoms with van der Waals surface area (Å²) in [6, 6.07) is -0.153. The second-order valence-electron chi connectivity index (χ2n) is 9.31. The third kappa shape index (κ3) is 8.38. The number of ether oxygens (including phenoxy) is 2. The van der Waals surface area contributed by atoms with Crippen molar-refractivity contribution in [1.82, 2.24) is 20.9 Å². The van der Waals surface area contributed by atoms with Gasteiger partial charge < -0.3 is 25.4 Å². The number of nitrogens with zero attached hydrogens (tertiary/aromatic N) is 2. The maximum absolute atomic E-state index is 12.8. The van der Waals surface area contributed by atoms with E-state index in [1.54, 1.807) is 4.90 Å². The van der Waals surface area contributed by atoms with Crippen LogP contribution in [0, 0.1) is 0 Å². The Morgan fingerprint density at radius 1 is 1.23 bits per heavy atom. The van der Waals surface area contributed by atoms with Crippen LogP contribution in [0.1, 0.15) is 68.7 Å². The molecule has 9 nitrogen and oxygen atoms in total.